The molecular weight excluding hydrogens is 757 g/mol. The molecule has 4 aliphatic rings. The third-order valence-corrected chi connectivity index (χ3v) is 12.4. The van der Waals surface area contributed by atoms with Gasteiger partial charge in [0.2, 0.25) is 47.3 Å². The normalized spacial score (nSPS) is 30.5. The Balaban J connectivity index is 1.77. The molecule has 4 saturated heterocycles. The van der Waals surface area contributed by atoms with Crippen LogP contribution >= 0.6 is 0 Å². The molecule has 59 heavy (non-hydrogen) atoms. The fourth-order valence-electron chi connectivity index (χ4n) is 8.89. The lowest BCUT2D eigenvalue weighted by Crippen LogP contribution is -2.62. The number of amides is 8. The Bertz CT molecular complexity index is 1570. The van der Waals surface area contributed by atoms with E-state index in [9.17, 15) is 38.4 Å². The van der Waals surface area contributed by atoms with Crippen molar-refractivity contribution in [3.63, 3.8) is 0 Å². The fraction of sp³-hybridized carbons (Fsp3) is 0.814. The van der Waals surface area contributed by atoms with Gasteiger partial charge in [-0.15, -0.1) is 0 Å². The predicted molar refractivity (Wildman–Crippen MR) is 222 cm³/mol. The Morgan fingerprint density at radius 3 is 1.34 bits per heavy atom. The van der Waals surface area contributed by atoms with Gasteiger partial charge in [-0.3, -0.25) is 38.4 Å². The molecule has 0 unspecified atom stereocenters. The van der Waals surface area contributed by atoms with E-state index in [0.29, 0.717) is 58.0 Å². The van der Waals surface area contributed by atoms with Crippen LogP contribution in [0.2, 0.25) is 0 Å². The van der Waals surface area contributed by atoms with Gasteiger partial charge in [-0.1, -0.05) is 75.7 Å². The van der Waals surface area contributed by atoms with Crippen molar-refractivity contribution in [1.29, 1.82) is 0 Å². The molecule has 0 bridgehead atoms. The van der Waals surface area contributed by atoms with E-state index < -0.39 is 102 Å². The van der Waals surface area contributed by atoms with Crippen LogP contribution in [0.25, 0.3) is 0 Å². The summed E-state index contributed by atoms with van der Waals surface area (Å²) in [7, 11) is 0. The largest absolute Gasteiger partial charge is 0.343 e. The van der Waals surface area contributed by atoms with E-state index in [0.717, 1.165) is 0 Å². The predicted octanol–water partition coefficient (Wildman–Crippen LogP) is 1.85. The maximum Gasteiger partial charge on any atom is 0.246 e. The molecular formula is C43H72N8O8. The zero-order valence-corrected chi connectivity index (χ0v) is 37.1. The molecule has 4 rings (SSSR count). The van der Waals surface area contributed by atoms with Crippen LogP contribution in [0.3, 0.4) is 0 Å². The van der Waals surface area contributed by atoms with Crippen LogP contribution in [0, 0.1) is 29.6 Å². The molecule has 4 aliphatic heterocycles. The van der Waals surface area contributed by atoms with Gasteiger partial charge in [0, 0.05) is 19.6 Å². The Morgan fingerprint density at radius 2 is 0.847 bits per heavy atom. The van der Waals surface area contributed by atoms with E-state index in [4.69, 9.17) is 0 Å². The van der Waals surface area contributed by atoms with Gasteiger partial charge in [-0.2, -0.15) is 0 Å². The molecule has 0 radical (unpaired) electrons. The van der Waals surface area contributed by atoms with E-state index in [1.165, 1.54) is 14.7 Å². The number of carbonyl (C=O) groups excluding carboxylic acids is 8. The minimum absolute atomic E-state index is 0.00869. The van der Waals surface area contributed by atoms with Crippen molar-refractivity contribution >= 4 is 47.3 Å². The summed E-state index contributed by atoms with van der Waals surface area (Å²) >= 11 is 0. The highest BCUT2D eigenvalue weighted by Crippen LogP contribution is 2.28. The highest BCUT2D eigenvalue weighted by Gasteiger charge is 2.46. The Kier molecular flexibility index (Phi) is 16.7. The van der Waals surface area contributed by atoms with Crippen molar-refractivity contribution in [3.8, 4) is 0 Å². The average Bonchev–Trinajstić information content (AvgIpc) is 3.97. The lowest BCUT2D eigenvalue weighted by atomic mass is 9.95. The first-order chi connectivity index (χ1) is 27.8. The molecule has 0 saturated carbocycles. The summed E-state index contributed by atoms with van der Waals surface area (Å²) < 4.78 is 0. The maximum absolute atomic E-state index is 14.4. The van der Waals surface area contributed by atoms with Crippen LogP contribution in [0.15, 0.2) is 0 Å². The van der Waals surface area contributed by atoms with Crippen molar-refractivity contribution < 1.29 is 38.4 Å². The minimum Gasteiger partial charge on any atom is -0.343 e. The van der Waals surface area contributed by atoms with E-state index in [-0.39, 0.29) is 43.0 Å². The third-order valence-electron chi connectivity index (χ3n) is 12.4. The molecule has 4 heterocycles. The summed E-state index contributed by atoms with van der Waals surface area (Å²) in [6.45, 7) is 19.5. The van der Waals surface area contributed by atoms with Crippen molar-refractivity contribution in [2.45, 2.75) is 175 Å². The van der Waals surface area contributed by atoms with Gasteiger partial charge in [-0.25, -0.2) is 0 Å². The fourth-order valence-corrected chi connectivity index (χ4v) is 8.89. The van der Waals surface area contributed by atoms with Crippen molar-refractivity contribution in [3.05, 3.63) is 0 Å². The number of carbonyl (C=O) groups is 8. The van der Waals surface area contributed by atoms with E-state index in [2.05, 4.69) is 26.6 Å². The molecule has 0 aromatic carbocycles. The van der Waals surface area contributed by atoms with Crippen LogP contribution in [0.4, 0.5) is 0 Å². The second kappa shape index (κ2) is 20.8. The zero-order valence-electron chi connectivity index (χ0n) is 37.1. The SMILES string of the molecule is CC[C@H](C)[C@@H]1NC(=O)[C@H](CC(C)C)NC(=O)[C@@H]2CCCN2C(=O)[C@@H]2CCCN2C(=O)[C@H](CC(C)C)NC(=O)[C@H](C(C)C)NC(=O)[C@H](C(C)C)NC(=O)[C@@H]2CCCN2C1=O. The Hall–Kier alpha value is -4.24. The monoisotopic (exact) mass is 829 g/mol. The summed E-state index contributed by atoms with van der Waals surface area (Å²) in [4.78, 5) is 118. The number of nitrogens with one attached hydrogen (secondary N) is 5. The Morgan fingerprint density at radius 1 is 0.458 bits per heavy atom. The molecule has 5 N–H and O–H groups in total. The molecule has 332 valence electrons. The van der Waals surface area contributed by atoms with Gasteiger partial charge in [0.25, 0.3) is 0 Å². The van der Waals surface area contributed by atoms with Crippen molar-refractivity contribution in [2.75, 3.05) is 19.6 Å². The van der Waals surface area contributed by atoms with Gasteiger partial charge in [0.05, 0.1) is 0 Å². The van der Waals surface area contributed by atoms with Crippen LogP contribution in [0.5, 0.6) is 0 Å². The van der Waals surface area contributed by atoms with Crippen LogP contribution in [0.1, 0.15) is 127 Å². The topological polar surface area (TPSA) is 206 Å². The second-order valence-corrected chi connectivity index (χ2v) is 18.8. The number of hydrogen-bond donors (Lipinski definition) is 5. The Labute approximate surface area is 350 Å². The number of hydrogen-bond acceptors (Lipinski definition) is 8. The first kappa shape index (κ1) is 47.4. The molecule has 16 nitrogen and oxygen atoms in total. The summed E-state index contributed by atoms with van der Waals surface area (Å²) in [6.07, 6.45) is 3.90. The smallest absolute Gasteiger partial charge is 0.246 e. The van der Waals surface area contributed by atoms with E-state index >= 15 is 0 Å². The molecule has 8 amide bonds. The summed E-state index contributed by atoms with van der Waals surface area (Å²) in [6, 6.07) is -7.70. The highest BCUT2D eigenvalue weighted by molar-refractivity contribution is 5.99. The molecule has 0 aliphatic carbocycles. The van der Waals surface area contributed by atoms with Gasteiger partial charge < -0.3 is 41.3 Å². The van der Waals surface area contributed by atoms with Gasteiger partial charge in [-0.05, 0) is 81.0 Å². The molecule has 4 fully saturated rings. The molecule has 0 spiro atoms. The molecule has 16 heteroatoms. The maximum atomic E-state index is 14.4. The highest BCUT2D eigenvalue weighted by atomic mass is 16.2. The standard InChI is InChI=1S/C43H72N8O8/c1-11-27(10)35-43(59)50-19-13-16-31(50)38(54)46-34(26(8)9)40(56)47-33(25(6)7)39(55)45-29(22-24(4)5)41(57)51-20-14-17-32(51)42(58)49-18-12-15-30(49)37(53)44-28(21-23(2)3)36(52)48-35/h23-35H,11-22H2,1-10H3,(H,44,53)(H,45,55)(H,46,54)(H,47,56)(H,48,52)/t27-,28-,29-,30-,31-,32-,33-,34-,35-/m0/s1. The third kappa shape index (κ3) is 11.5. The average molecular weight is 829 g/mol. The molecule has 0 aromatic heterocycles. The summed E-state index contributed by atoms with van der Waals surface area (Å²) in [5.41, 5.74) is 0. The number of fused-ring (bicyclic) bond motifs is 3. The first-order valence-electron chi connectivity index (χ1n) is 22.2. The minimum atomic E-state index is -1.06. The molecule has 9 atom stereocenters. The summed E-state index contributed by atoms with van der Waals surface area (Å²) in [5.74, 6) is -4.96. The van der Waals surface area contributed by atoms with E-state index in [1.807, 2.05) is 41.5 Å². The van der Waals surface area contributed by atoms with Crippen LogP contribution in [-0.4, -0.2) is 130 Å². The molecule has 0 aromatic rings. The van der Waals surface area contributed by atoms with E-state index in [1.54, 1.807) is 27.7 Å². The lowest BCUT2D eigenvalue weighted by molar-refractivity contribution is -0.148. The first-order valence-corrected chi connectivity index (χ1v) is 22.2. The van der Waals surface area contributed by atoms with Gasteiger partial charge in [0.1, 0.15) is 48.3 Å². The summed E-state index contributed by atoms with van der Waals surface area (Å²) in [5, 5.41) is 14.5. The van der Waals surface area contributed by atoms with Crippen molar-refractivity contribution in [1.82, 2.24) is 41.3 Å². The van der Waals surface area contributed by atoms with Gasteiger partial charge in [0.15, 0.2) is 0 Å². The zero-order chi connectivity index (χ0) is 43.9. The number of nitrogens with zero attached hydrogens (tertiary/aromatic N) is 3. The number of rotatable bonds is 8. The van der Waals surface area contributed by atoms with Crippen LogP contribution < -0.4 is 26.6 Å². The van der Waals surface area contributed by atoms with Crippen LogP contribution in [-0.2, 0) is 38.4 Å². The lowest BCUT2D eigenvalue weighted by Gasteiger charge is -2.35. The van der Waals surface area contributed by atoms with Gasteiger partial charge >= 0.3 is 0 Å². The second-order valence-electron chi connectivity index (χ2n) is 18.8. The van der Waals surface area contributed by atoms with Crippen molar-refractivity contribution in [2.24, 2.45) is 29.6 Å². The quantitative estimate of drug-likeness (QED) is 0.244.